The van der Waals surface area contributed by atoms with Crippen LogP contribution in [-0.2, 0) is 9.53 Å². The first-order chi connectivity index (χ1) is 9.11. The van der Waals surface area contributed by atoms with Gasteiger partial charge in [-0.15, -0.1) is 0 Å². The molecule has 0 aliphatic carbocycles. The molecule has 4 nitrogen and oxygen atoms in total. The van der Waals surface area contributed by atoms with Crippen molar-refractivity contribution in [1.82, 2.24) is 5.32 Å². The molecular formula is C14H20ClNO3. The van der Waals surface area contributed by atoms with Crippen LogP contribution in [0.3, 0.4) is 0 Å². The van der Waals surface area contributed by atoms with E-state index in [9.17, 15) is 4.79 Å². The van der Waals surface area contributed by atoms with Gasteiger partial charge < -0.3 is 14.8 Å². The maximum Gasteiger partial charge on any atom is 0.220 e. The lowest BCUT2D eigenvalue weighted by atomic mass is 10.2. The Morgan fingerprint density at radius 2 is 2.05 bits per heavy atom. The van der Waals surface area contributed by atoms with Crippen LogP contribution in [0.25, 0.3) is 0 Å². The summed E-state index contributed by atoms with van der Waals surface area (Å²) in [6.45, 7) is 2.94. The summed E-state index contributed by atoms with van der Waals surface area (Å²) in [4.78, 5) is 11.5. The summed E-state index contributed by atoms with van der Waals surface area (Å²) in [6.07, 6.45) is 1.12. The van der Waals surface area contributed by atoms with Gasteiger partial charge in [0.05, 0.1) is 13.2 Å². The molecule has 1 atom stereocenters. The zero-order valence-electron chi connectivity index (χ0n) is 11.3. The summed E-state index contributed by atoms with van der Waals surface area (Å²) in [7, 11) is 1.61. The molecule has 1 N–H and O–H groups in total. The Bertz CT molecular complexity index is 381. The monoisotopic (exact) mass is 285 g/mol. The standard InChI is InChI=1S/C14H20ClNO3/c1-11(10-18-2)16-14(17)4-3-9-19-13-7-5-12(15)6-8-13/h5-8,11H,3-4,9-10H2,1-2H3,(H,16,17). The summed E-state index contributed by atoms with van der Waals surface area (Å²) in [5.74, 6) is 0.779. The third-order valence-corrected chi connectivity index (χ3v) is 2.71. The smallest absolute Gasteiger partial charge is 0.220 e. The average Bonchev–Trinajstić information content (AvgIpc) is 2.37. The van der Waals surface area contributed by atoms with Crippen LogP contribution in [-0.4, -0.2) is 32.3 Å². The number of rotatable bonds is 8. The molecule has 0 radical (unpaired) electrons. The van der Waals surface area contributed by atoms with Crippen molar-refractivity contribution in [2.24, 2.45) is 0 Å². The molecule has 19 heavy (non-hydrogen) atoms. The summed E-state index contributed by atoms with van der Waals surface area (Å²) >= 11 is 5.77. The summed E-state index contributed by atoms with van der Waals surface area (Å²) in [6, 6.07) is 7.20. The molecule has 0 spiro atoms. The highest BCUT2D eigenvalue weighted by atomic mass is 35.5. The van der Waals surface area contributed by atoms with E-state index in [2.05, 4.69) is 5.32 Å². The first-order valence-corrected chi connectivity index (χ1v) is 6.66. The van der Waals surface area contributed by atoms with Crippen molar-refractivity contribution in [1.29, 1.82) is 0 Å². The van der Waals surface area contributed by atoms with Gasteiger partial charge in [0.15, 0.2) is 0 Å². The minimum Gasteiger partial charge on any atom is -0.494 e. The van der Waals surface area contributed by atoms with E-state index in [1.165, 1.54) is 0 Å². The number of amides is 1. The lowest BCUT2D eigenvalue weighted by Crippen LogP contribution is -2.35. The van der Waals surface area contributed by atoms with Gasteiger partial charge in [-0.05, 0) is 37.6 Å². The van der Waals surface area contributed by atoms with Crippen LogP contribution in [0.1, 0.15) is 19.8 Å². The maximum absolute atomic E-state index is 11.5. The Morgan fingerprint density at radius 1 is 1.37 bits per heavy atom. The minimum atomic E-state index is 0.0178. The molecule has 1 rings (SSSR count). The van der Waals surface area contributed by atoms with Gasteiger partial charge in [0.2, 0.25) is 5.91 Å². The fraction of sp³-hybridized carbons (Fsp3) is 0.500. The van der Waals surface area contributed by atoms with Crippen LogP contribution in [0, 0.1) is 0 Å². The normalized spacial score (nSPS) is 11.9. The van der Waals surface area contributed by atoms with E-state index >= 15 is 0 Å². The highest BCUT2D eigenvalue weighted by Gasteiger charge is 2.06. The van der Waals surface area contributed by atoms with Crippen LogP contribution in [0.5, 0.6) is 5.75 Å². The maximum atomic E-state index is 11.5. The first kappa shape index (κ1) is 15.8. The van der Waals surface area contributed by atoms with Crippen molar-refractivity contribution in [3.8, 4) is 5.75 Å². The minimum absolute atomic E-state index is 0.0178. The Balaban J connectivity index is 2.13. The Kier molecular flexibility index (Phi) is 7.30. The predicted molar refractivity (Wildman–Crippen MR) is 75.7 cm³/mol. The molecular weight excluding hydrogens is 266 g/mol. The van der Waals surface area contributed by atoms with Gasteiger partial charge in [-0.1, -0.05) is 11.6 Å². The number of halogens is 1. The second-order valence-corrected chi connectivity index (χ2v) is 4.77. The van der Waals surface area contributed by atoms with Crippen LogP contribution >= 0.6 is 11.6 Å². The van der Waals surface area contributed by atoms with E-state index in [1.54, 1.807) is 19.2 Å². The molecule has 0 bridgehead atoms. The molecule has 0 fully saturated rings. The lowest BCUT2D eigenvalue weighted by Gasteiger charge is -2.12. The highest BCUT2D eigenvalue weighted by Crippen LogP contribution is 2.15. The molecule has 1 amide bonds. The molecule has 0 heterocycles. The topological polar surface area (TPSA) is 47.6 Å². The zero-order chi connectivity index (χ0) is 14.1. The number of carbonyl (C=O) groups is 1. The van der Waals surface area contributed by atoms with Crippen molar-refractivity contribution in [2.75, 3.05) is 20.3 Å². The van der Waals surface area contributed by atoms with Crippen molar-refractivity contribution >= 4 is 17.5 Å². The number of nitrogens with one attached hydrogen (secondary N) is 1. The van der Waals surface area contributed by atoms with Crippen molar-refractivity contribution < 1.29 is 14.3 Å². The van der Waals surface area contributed by atoms with Gasteiger partial charge in [0, 0.05) is 24.6 Å². The summed E-state index contributed by atoms with van der Waals surface area (Å²) in [5.41, 5.74) is 0. The van der Waals surface area contributed by atoms with Crippen LogP contribution in [0.4, 0.5) is 0 Å². The van der Waals surface area contributed by atoms with Gasteiger partial charge in [0.1, 0.15) is 5.75 Å². The van der Waals surface area contributed by atoms with E-state index < -0.39 is 0 Å². The van der Waals surface area contributed by atoms with Gasteiger partial charge in [-0.2, -0.15) is 0 Å². The third kappa shape index (κ3) is 7.03. The number of carbonyl (C=O) groups excluding carboxylic acids is 1. The lowest BCUT2D eigenvalue weighted by molar-refractivity contribution is -0.122. The summed E-state index contributed by atoms with van der Waals surface area (Å²) < 4.78 is 10.4. The SMILES string of the molecule is COCC(C)NC(=O)CCCOc1ccc(Cl)cc1. The third-order valence-electron chi connectivity index (χ3n) is 2.45. The van der Waals surface area contributed by atoms with Gasteiger partial charge in [-0.25, -0.2) is 0 Å². The van der Waals surface area contributed by atoms with Gasteiger partial charge >= 0.3 is 0 Å². The fourth-order valence-corrected chi connectivity index (χ4v) is 1.72. The van der Waals surface area contributed by atoms with Crippen LogP contribution in [0.2, 0.25) is 5.02 Å². The zero-order valence-corrected chi connectivity index (χ0v) is 12.1. The second-order valence-electron chi connectivity index (χ2n) is 4.33. The average molecular weight is 286 g/mol. The molecule has 0 aromatic heterocycles. The van der Waals surface area contributed by atoms with E-state index in [1.807, 2.05) is 19.1 Å². The van der Waals surface area contributed by atoms with E-state index in [0.717, 1.165) is 5.75 Å². The highest BCUT2D eigenvalue weighted by molar-refractivity contribution is 6.30. The van der Waals surface area contributed by atoms with E-state index in [0.29, 0.717) is 31.1 Å². The molecule has 0 saturated carbocycles. The molecule has 1 aromatic carbocycles. The molecule has 1 unspecified atom stereocenters. The summed E-state index contributed by atoms with van der Waals surface area (Å²) in [5, 5.41) is 3.53. The molecule has 0 saturated heterocycles. The molecule has 0 aliphatic rings. The molecule has 0 aliphatic heterocycles. The van der Waals surface area contributed by atoms with Crippen LogP contribution in [0.15, 0.2) is 24.3 Å². The Hall–Kier alpha value is -1.26. The Labute approximate surface area is 119 Å². The van der Waals surface area contributed by atoms with Crippen molar-refractivity contribution in [2.45, 2.75) is 25.8 Å². The number of hydrogen-bond donors (Lipinski definition) is 1. The van der Waals surface area contributed by atoms with E-state index in [-0.39, 0.29) is 11.9 Å². The van der Waals surface area contributed by atoms with Gasteiger partial charge in [0.25, 0.3) is 0 Å². The number of ether oxygens (including phenoxy) is 2. The number of benzene rings is 1. The van der Waals surface area contributed by atoms with Crippen molar-refractivity contribution in [3.05, 3.63) is 29.3 Å². The van der Waals surface area contributed by atoms with Gasteiger partial charge in [-0.3, -0.25) is 4.79 Å². The Morgan fingerprint density at radius 3 is 2.68 bits per heavy atom. The van der Waals surface area contributed by atoms with E-state index in [4.69, 9.17) is 21.1 Å². The molecule has 1 aromatic rings. The molecule has 5 heteroatoms. The van der Waals surface area contributed by atoms with Crippen molar-refractivity contribution in [3.63, 3.8) is 0 Å². The van der Waals surface area contributed by atoms with Crippen LogP contribution < -0.4 is 10.1 Å². The second kappa shape index (κ2) is 8.77. The largest absolute Gasteiger partial charge is 0.494 e. The predicted octanol–water partition coefficient (Wildman–Crippen LogP) is 2.65. The quantitative estimate of drug-likeness (QED) is 0.747. The first-order valence-electron chi connectivity index (χ1n) is 6.28. The number of methoxy groups -OCH3 is 1. The number of hydrogen-bond acceptors (Lipinski definition) is 3. The molecule has 106 valence electrons. The fourth-order valence-electron chi connectivity index (χ4n) is 1.59.